The average molecular weight is 313 g/mol. The lowest BCUT2D eigenvalue weighted by Crippen LogP contribution is -2.50. The predicted molar refractivity (Wildman–Crippen MR) is 78.9 cm³/mol. The van der Waals surface area contributed by atoms with Crippen LogP contribution in [-0.4, -0.2) is 45.8 Å². The lowest BCUT2D eigenvalue weighted by Gasteiger charge is -2.36. The molecular weight excluding hydrogens is 296 g/mol. The summed E-state index contributed by atoms with van der Waals surface area (Å²) < 4.78 is 0. The van der Waals surface area contributed by atoms with Gasteiger partial charge in [-0.2, -0.15) is 0 Å². The summed E-state index contributed by atoms with van der Waals surface area (Å²) in [5, 5.41) is 21.8. The fraction of sp³-hybridized carbons (Fsp3) is 0.429. The summed E-state index contributed by atoms with van der Waals surface area (Å²) in [6.07, 6.45) is 1.36. The Bertz CT molecular complexity index is 574. The first-order chi connectivity index (χ1) is 9.78. The van der Waals surface area contributed by atoms with Crippen molar-refractivity contribution in [2.45, 2.75) is 25.4 Å². The van der Waals surface area contributed by atoms with Crippen LogP contribution in [0.4, 0.5) is 10.5 Å². The number of nitrogens with zero attached hydrogens (tertiary/aromatic N) is 1. The highest BCUT2D eigenvalue weighted by atomic mass is 35.5. The zero-order chi connectivity index (χ0) is 15.6. The van der Waals surface area contributed by atoms with Gasteiger partial charge in [-0.3, -0.25) is 0 Å². The van der Waals surface area contributed by atoms with Gasteiger partial charge in [-0.25, -0.2) is 9.59 Å². The summed E-state index contributed by atoms with van der Waals surface area (Å²) in [6, 6.07) is 3.70. The molecular formula is C14H17ClN2O4. The van der Waals surface area contributed by atoms with E-state index in [4.69, 9.17) is 16.7 Å². The highest BCUT2D eigenvalue weighted by Gasteiger charge is 2.31. The molecule has 0 bridgehead atoms. The highest BCUT2D eigenvalue weighted by Crippen LogP contribution is 2.25. The van der Waals surface area contributed by atoms with E-state index in [1.54, 1.807) is 6.92 Å². The molecule has 0 aliphatic carbocycles. The van der Waals surface area contributed by atoms with E-state index in [1.807, 2.05) is 0 Å². The lowest BCUT2D eigenvalue weighted by molar-refractivity contribution is -0.000636. The van der Waals surface area contributed by atoms with Gasteiger partial charge in [-0.15, -0.1) is 0 Å². The van der Waals surface area contributed by atoms with Crippen molar-refractivity contribution in [1.82, 2.24) is 4.90 Å². The number of β-amino-alcohol motifs (C(OH)–C–C–N with tert-alkyl or cyclic N) is 1. The van der Waals surface area contributed by atoms with Crippen molar-refractivity contribution >= 4 is 29.3 Å². The van der Waals surface area contributed by atoms with E-state index in [-0.39, 0.29) is 22.8 Å². The Hall–Kier alpha value is -1.79. The molecule has 1 unspecified atom stereocenters. The van der Waals surface area contributed by atoms with E-state index < -0.39 is 17.6 Å². The molecule has 3 N–H and O–H groups in total. The van der Waals surface area contributed by atoms with E-state index in [2.05, 4.69) is 5.32 Å². The molecule has 6 nitrogen and oxygen atoms in total. The van der Waals surface area contributed by atoms with Gasteiger partial charge in [0, 0.05) is 6.54 Å². The van der Waals surface area contributed by atoms with E-state index in [9.17, 15) is 14.7 Å². The maximum absolute atomic E-state index is 12.2. The molecule has 0 radical (unpaired) electrons. The van der Waals surface area contributed by atoms with E-state index in [1.165, 1.54) is 23.1 Å². The minimum atomic E-state index is -1.09. The highest BCUT2D eigenvalue weighted by molar-refractivity contribution is 6.33. The van der Waals surface area contributed by atoms with Crippen molar-refractivity contribution in [2.75, 3.05) is 18.4 Å². The minimum absolute atomic E-state index is 0.0420. The summed E-state index contributed by atoms with van der Waals surface area (Å²) in [7, 11) is 0. The fourth-order valence-electron chi connectivity index (χ4n) is 2.34. The van der Waals surface area contributed by atoms with Crippen molar-refractivity contribution in [2.24, 2.45) is 0 Å². The van der Waals surface area contributed by atoms with Gasteiger partial charge in [0.2, 0.25) is 0 Å². The molecule has 1 aromatic carbocycles. The summed E-state index contributed by atoms with van der Waals surface area (Å²) in [5.41, 5.74) is -0.616. The van der Waals surface area contributed by atoms with Gasteiger partial charge in [-0.05, 0) is 38.0 Å². The Labute approximate surface area is 127 Å². The van der Waals surface area contributed by atoms with E-state index in [0.29, 0.717) is 19.4 Å². The molecule has 1 fully saturated rings. The lowest BCUT2D eigenvalue weighted by atomic mass is 9.95. The van der Waals surface area contributed by atoms with Crippen LogP contribution in [0, 0.1) is 0 Å². The van der Waals surface area contributed by atoms with Crippen molar-refractivity contribution in [3.63, 3.8) is 0 Å². The topological polar surface area (TPSA) is 89.9 Å². The number of urea groups is 1. The number of piperidine rings is 1. The van der Waals surface area contributed by atoms with Gasteiger partial charge < -0.3 is 20.4 Å². The fourth-order valence-corrected chi connectivity index (χ4v) is 2.51. The predicted octanol–water partition coefficient (Wildman–Crippen LogP) is 2.42. The van der Waals surface area contributed by atoms with Crippen LogP contribution in [0.2, 0.25) is 5.02 Å². The molecule has 1 aliphatic heterocycles. The number of nitrogens with one attached hydrogen (secondary N) is 1. The Morgan fingerprint density at radius 1 is 1.43 bits per heavy atom. The van der Waals surface area contributed by atoms with Gasteiger partial charge in [0.15, 0.2) is 0 Å². The minimum Gasteiger partial charge on any atom is -0.478 e. The summed E-state index contributed by atoms with van der Waals surface area (Å²) >= 11 is 5.96. The number of aliphatic hydroxyl groups is 1. The van der Waals surface area contributed by atoms with Crippen molar-refractivity contribution in [1.29, 1.82) is 0 Å². The second kappa shape index (κ2) is 5.91. The molecule has 7 heteroatoms. The molecule has 114 valence electrons. The Morgan fingerprint density at radius 3 is 2.76 bits per heavy atom. The van der Waals surface area contributed by atoms with Gasteiger partial charge in [0.25, 0.3) is 0 Å². The number of amides is 2. The number of benzene rings is 1. The standard InChI is InChI=1S/C14H17ClN2O4/c1-14(21)5-2-6-17(8-14)13(20)16-11-7-9(12(18)19)3-4-10(11)15/h3-4,7,21H,2,5-6,8H2,1H3,(H,16,20)(H,18,19). The number of hydrogen-bond acceptors (Lipinski definition) is 3. The van der Waals surface area contributed by atoms with Crippen molar-refractivity contribution in [3.8, 4) is 0 Å². The number of hydrogen-bond donors (Lipinski definition) is 3. The Morgan fingerprint density at radius 2 is 2.14 bits per heavy atom. The van der Waals surface area contributed by atoms with Crippen LogP contribution in [0.3, 0.4) is 0 Å². The average Bonchev–Trinajstić information content (AvgIpc) is 2.39. The number of carbonyl (C=O) groups excluding carboxylic acids is 1. The third-order valence-corrected chi connectivity index (χ3v) is 3.75. The van der Waals surface area contributed by atoms with Crippen molar-refractivity contribution in [3.05, 3.63) is 28.8 Å². The summed E-state index contributed by atoms with van der Waals surface area (Å²) in [5.74, 6) is -1.09. The Kier molecular flexibility index (Phi) is 4.39. The zero-order valence-electron chi connectivity index (χ0n) is 11.6. The van der Waals surface area contributed by atoms with Crippen LogP contribution in [0.25, 0.3) is 0 Å². The van der Waals surface area contributed by atoms with Gasteiger partial charge in [-0.1, -0.05) is 11.6 Å². The molecule has 21 heavy (non-hydrogen) atoms. The number of aromatic carboxylic acids is 1. The van der Waals surface area contributed by atoms with Crippen LogP contribution in [0.15, 0.2) is 18.2 Å². The number of anilines is 1. The zero-order valence-corrected chi connectivity index (χ0v) is 12.4. The third-order valence-electron chi connectivity index (χ3n) is 3.42. The quantitative estimate of drug-likeness (QED) is 0.782. The monoisotopic (exact) mass is 312 g/mol. The molecule has 1 saturated heterocycles. The first-order valence-corrected chi connectivity index (χ1v) is 6.97. The first-order valence-electron chi connectivity index (χ1n) is 6.60. The molecule has 0 saturated carbocycles. The van der Waals surface area contributed by atoms with E-state index >= 15 is 0 Å². The molecule has 0 spiro atoms. The molecule has 2 amide bonds. The van der Waals surface area contributed by atoms with Crippen LogP contribution in [-0.2, 0) is 0 Å². The molecule has 2 rings (SSSR count). The largest absolute Gasteiger partial charge is 0.478 e. The first kappa shape index (κ1) is 15.6. The second-order valence-electron chi connectivity index (χ2n) is 5.45. The SMILES string of the molecule is CC1(O)CCCN(C(=O)Nc2cc(C(=O)O)ccc2Cl)C1. The van der Waals surface area contributed by atoms with Crippen LogP contribution < -0.4 is 5.32 Å². The number of carboxylic acids is 1. The summed E-state index contributed by atoms with van der Waals surface area (Å²) in [4.78, 5) is 24.6. The normalized spacial score (nSPS) is 22.0. The second-order valence-corrected chi connectivity index (χ2v) is 5.86. The van der Waals surface area contributed by atoms with Gasteiger partial charge in [0.1, 0.15) is 0 Å². The van der Waals surface area contributed by atoms with Crippen LogP contribution in [0.5, 0.6) is 0 Å². The number of rotatable bonds is 2. The van der Waals surface area contributed by atoms with E-state index in [0.717, 1.165) is 0 Å². The number of carbonyl (C=O) groups is 2. The maximum Gasteiger partial charge on any atom is 0.335 e. The van der Waals surface area contributed by atoms with Crippen LogP contribution >= 0.6 is 11.6 Å². The Balaban J connectivity index is 2.12. The number of halogens is 1. The third kappa shape index (κ3) is 3.86. The smallest absolute Gasteiger partial charge is 0.335 e. The van der Waals surface area contributed by atoms with Crippen LogP contribution in [0.1, 0.15) is 30.1 Å². The molecule has 1 heterocycles. The maximum atomic E-state index is 12.2. The molecule has 1 atom stereocenters. The van der Waals surface area contributed by atoms with Gasteiger partial charge >= 0.3 is 12.0 Å². The molecule has 0 aromatic heterocycles. The van der Waals surface area contributed by atoms with Crippen molar-refractivity contribution < 1.29 is 19.8 Å². The van der Waals surface area contributed by atoms with Gasteiger partial charge in [0.05, 0.1) is 28.4 Å². The number of likely N-dealkylation sites (tertiary alicyclic amines) is 1. The molecule has 1 aromatic rings. The number of carboxylic acid groups (broad SMARTS) is 1. The molecule has 1 aliphatic rings. The summed E-state index contributed by atoms with van der Waals surface area (Å²) in [6.45, 7) is 2.46.